The molecule has 1 aliphatic heterocycles. The van der Waals surface area contributed by atoms with E-state index in [2.05, 4.69) is 32.6 Å². The molecule has 1 heterocycles. The Bertz CT molecular complexity index is 308. The molecule has 1 atom stereocenters. The minimum Gasteiger partial charge on any atom is -0.370 e. The average Bonchev–Trinajstić information content (AvgIpc) is 2.38. The van der Waals surface area contributed by atoms with Crippen molar-refractivity contribution in [1.82, 2.24) is 4.90 Å². The van der Waals surface area contributed by atoms with Gasteiger partial charge in [-0.2, -0.15) is 0 Å². The van der Waals surface area contributed by atoms with Crippen molar-refractivity contribution in [1.29, 1.82) is 0 Å². The number of ether oxygens (including phenoxy) is 1. The van der Waals surface area contributed by atoms with Gasteiger partial charge >= 0.3 is 0 Å². The Kier molecular flexibility index (Phi) is 5.14. The summed E-state index contributed by atoms with van der Waals surface area (Å²) in [4.78, 5) is 2.66. The molecule has 1 saturated carbocycles. The van der Waals surface area contributed by atoms with Crippen LogP contribution in [0.25, 0.3) is 0 Å². The number of morpholine rings is 1. The van der Waals surface area contributed by atoms with Gasteiger partial charge in [-0.15, -0.1) is 0 Å². The summed E-state index contributed by atoms with van der Waals surface area (Å²) in [5.74, 6) is 0.936. The Labute approximate surface area is 125 Å². The molecule has 0 spiro atoms. The highest BCUT2D eigenvalue weighted by Crippen LogP contribution is 2.40. The lowest BCUT2D eigenvalue weighted by Gasteiger charge is -2.53. The minimum absolute atomic E-state index is 0.0416. The van der Waals surface area contributed by atoms with Gasteiger partial charge in [-0.05, 0) is 52.4 Å². The van der Waals surface area contributed by atoms with Gasteiger partial charge in [0.2, 0.25) is 0 Å². The fourth-order valence-electron chi connectivity index (χ4n) is 4.38. The van der Waals surface area contributed by atoms with Crippen molar-refractivity contribution in [2.45, 2.75) is 83.5 Å². The zero-order valence-corrected chi connectivity index (χ0v) is 14.0. The number of nitrogens with zero attached hydrogens (tertiary/aromatic N) is 1. The summed E-state index contributed by atoms with van der Waals surface area (Å²) in [5, 5.41) is 0. The molecule has 3 heteroatoms. The smallest absolute Gasteiger partial charge is 0.0757 e. The molecule has 1 saturated heterocycles. The first kappa shape index (κ1) is 16.3. The van der Waals surface area contributed by atoms with Crippen LogP contribution >= 0.6 is 0 Å². The maximum atomic E-state index is 6.24. The third-order valence-corrected chi connectivity index (χ3v) is 5.35. The van der Waals surface area contributed by atoms with E-state index in [-0.39, 0.29) is 11.1 Å². The van der Waals surface area contributed by atoms with Crippen LogP contribution < -0.4 is 5.73 Å². The molecule has 1 aliphatic carbocycles. The summed E-state index contributed by atoms with van der Waals surface area (Å²) in [6.45, 7) is 11.8. The van der Waals surface area contributed by atoms with Crippen LogP contribution in [0.15, 0.2) is 0 Å². The van der Waals surface area contributed by atoms with Gasteiger partial charge < -0.3 is 10.5 Å². The van der Waals surface area contributed by atoms with Crippen molar-refractivity contribution in [3.8, 4) is 0 Å². The molecule has 1 unspecified atom stereocenters. The summed E-state index contributed by atoms with van der Waals surface area (Å²) >= 11 is 0. The molecule has 2 rings (SSSR count). The third-order valence-electron chi connectivity index (χ3n) is 5.35. The van der Waals surface area contributed by atoms with Gasteiger partial charge in [0.05, 0.1) is 11.7 Å². The highest BCUT2D eigenvalue weighted by molar-refractivity contribution is 4.99. The molecule has 0 amide bonds. The van der Waals surface area contributed by atoms with Gasteiger partial charge in [0.15, 0.2) is 0 Å². The van der Waals surface area contributed by atoms with Crippen LogP contribution in [0.3, 0.4) is 0 Å². The van der Waals surface area contributed by atoms with Gasteiger partial charge in [0.25, 0.3) is 0 Å². The first-order chi connectivity index (χ1) is 9.41. The largest absolute Gasteiger partial charge is 0.370 e. The molecule has 0 bridgehead atoms. The summed E-state index contributed by atoms with van der Waals surface area (Å²) in [6.07, 6.45) is 8.30. The Morgan fingerprint density at radius 2 is 1.90 bits per heavy atom. The van der Waals surface area contributed by atoms with Gasteiger partial charge in [-0.25, -0.2) is 0 Å². The van der Waals surface area contributed by atoms with Gasteiger partial charge in [-0.1, -0.05) is 19.8 Å². The van der Waals surface area contributed by atoms with E-state index in [9.17, 15) is 0 Å². The highest BCUT2D eigenvalue weighted by atomic mass is 16.5. The van der Waals surface area contributed by atoms with E-state index < -0.39 is 0 Å². The lowest BCUT2D eigenvalue weighted by Crippen LogP contribution is -2.64. The second kappa shape index (κ2) is 6.33. The minimum atomic E-state index is -0.0416. The average molecular weight is 282 g/mol. The number of nitrogens with two attached hydrogens (primary N) is 1. The van der Waals surface area contributed by atoms with E-state index in [4.69, 9.17) is 10.5 Å². The first-order valence-corrected chi connectivity index (χ1v) is 8.54. The van der Waals surface area contributed by atoms with Crippen molar-refractivity contribution in [3.05, 3.63) is 0 Å². The number of hydrogen-bond donors (Lipinski definition) is 1. The lowest BCUT2D eigenvalue weighted by atomic mass is 9.73. The predicted octanol–water partition coefficient (Wildman–Crippen LogP) is 3.17. The van der Waals surface area contributed by atoms with Crippen LogP contribution in [-0.4, -0.2) is 41.8 Å². The number of hydrogen-bond acceptors (Lipinski definition) is 3. The van der Waals surface area contributed by atoms with Crippen LogP contribution in [0.2, 0.25) is 0 Å². The van der Waals surface area contributed by atoms with Crippen molar-refractivity contribution in [2.75, 3.05) is 19.6 Å². The summed E-state index contributed by atoms with van der Waals surface area (Å²) in [6, 6.07) is 0. The maximum Gasteiger partial charge on any atom is 0.0757 e. The first-order valence-electron chi connectivity index (χ1n) is 8.54. The van der Waals surface area contributed by atoms with Crippen molar-refractivity contribution in [2.24, 2.45) is 11.7 Å². The Balaban J connectivity index is 2.04. The van der Waals surface area contributed by atoms with Crippen LogP contribution in [0.4, 0.5) is 0 Å². The van der Waals surface area contributed by atoms with E-state index in [1.165, 1.54) is 38.5 Å². The summed E-state index contributed by atoms with van der Waals surface area (Å²) in [7, 11) is 0. The SMILES string of the molecule is CCCC1CCC(CN)(N2CC(C)OC(C)(C)C2)CC1. The molecule has 3 nitrogen and oxygen atoms in total. The quantitative estimate of drug-likeness (QED) is 0.860. The molecule has 2 fully saturated rings. The zero-order valence-electron chi connectivity index (χ0n) is 14.0. The maximum absolute atomic E-state index is 6.24. The molecule has 118 valence electrons. The second-order valence-electron chi connectivity index (χ2n) is 7.73. The van der Waals surface area contributed by atoms with E-state index in [0.717, 1.165) is 25.6 Å². The van der Waals surface area contributed by atoms with Gasteiger partial charge in [0.1, 0.15) is 0 Å². The monoisotopic (exact) mass is 282 g/mol. The Hall–Kier alpha value is -0.120. The van der Waals surface area contributed by atoms with Crippen molar-refractivity contribution in [3.63, 3.8) is 0 Å². The second-order valence-corrected chi connectivity index (χ2v) is 7.73. The van der Waals surface area contributed by atoms with E-state index in [0.29, 0.717) is 6.10 Å². The molecule has 2 aliphatic rings. The van der Waals surface area contributed by atoms with E-state index in [1.54, 1.807) is 0 Å². The fourth-order valence-corrected chi connectivity index (χ4v) is 4.38. The number of rotatable bonds is 4. The molecule has 2 N–H and O–H groups in total. The highest BCUT2D eigenvalue weighted by Gasteiger charge is 2.44. The third kappa shape index (κ3) is 3.55. The molecular weight excluding hydrogens is 248 g/mol. The topological polar surface area (TPSA) is 38.5 Å². The molecule has 0 aromatic rings. The van der Waals surface area contributed by atoms with Gasteiger partial charge in [-0.3, -0.25) is 4.90 Å². The van der Waals surface area contributed by atoms with Gasteiger partial charge in [0, 0.05) is 25.2 Å². The van der Waals surface area contributed by atoms with Crippen LogP contribution in [0, 0.1) is 5.92 Å². The van der Waals surface area contributed by atoms with Crippen molar-refractivity contribution >= 4 is 0 Å². The van der Waals surface area contributed by atoms with Crippen LogP contribution in [-0.2, 0) is 4.74 Å². The standard InChI is InChI=1S/C17H34N2O/c1-5-6-15-7-9-17(12-18,10-8-15)19-11-14(2)20-16(3,4)13-19/h14-15H,5-13,18H2,1-4H3. The zero-order chi connectivity index (χ0) is 14.8. The normalized spacial score (nSPS) is 38.9. The van der Waals surface area contributed by atoms with Crippen LogP contribution in [0.5, 0.6) is 0 Å². The Morgan fingerprint density at radius 1 is 1.25 bits per heavy atom. The molecular formula is C17H34N2O. The Morgan fingerprint density at radius 3 is 2.40 bits per heavy atom. The van der Waals surface area contributed by atoms with Crippen molar-refractivity contribution < 1.29 is 4.74 Å². The molecule has 0 aromatic heterocycles. The fraction of sp³-hybridized carbons (Fsp3) is 1.00. The predicted molar refractivity (Wildman–Crippen MR) is 84.9 cm³/mol. The molecule has 0 aromatic carbocycles. The molecule has 20 heavy (non-hydrogen) atoms. The van der Waals surface area contributed by atoms with Crippen LogP contribution in [0.1, 0.15) is 66.2 Å². The summed E-state index contributed by atoms with van der Waals surface area (Å²) in [5.41, 5.74) is 6.43. The van der Waals surface area contributed by atoms with E-state index >= 15 is 0 Å². The summed E-state index contributed by atoms with van der Waals surface area (Å²) < 4.78 is 6.06. The van der Waals surface area contributed by atoms with E-state index in [1.807, 2.05) is 0 Å². The molecule has 0 radical (unpaired) electrons. The lowest BCUT2D eigenvalue weighted by molar-refractivity contribution is -0.158.